The zero-order valence-electron chi connectivity index (χ0n) is 21.1. The van der Waals surface area contributed by atoms with E-state index in [4.69, 9.17) is 24.7 Å². The molecular weight excluding hydrogens is 480 g/mol. The van der Waals surface area contributed by atoms with Gasteiger partial charge in [0.25, 0.3) is 5.91 Å². The highest BCUT2D eigenvalue weighted by molar-refractivity contribution is 5.91. The number of benzene rings is 3. The molecule has 0 unspecified atom stereocenters. The van der Waals surface area contributed by atoms with Gasteiger partial charge in [0.15, 0.2) is 0 Å². The van der Waals surface area contributed by atoms with Gasteiger partial charge in [0.1, 0.15) is 30.1 Å². The number of hydrogen-bond acceptors (Lipinski definition) is 5. The minimum atomic E-state index is -0.532. The van der Waals surface area contributed by atoms with E-state index in [-0.39, 0.29) is 6.10 Å². The van der Waals surface area contributed by atoms with Crippen LogP contribution in [-0.4, -0.2) is 35.8 Å². The molecule has 3 aromatic carbocycles. The summed E-state index contributed by atoms with van der Waals surface area (Å²) in [5.74, 6) is -0.532. The van der Waals surface area contributed by atoms with Gasteiger partial charge in [-0.2, -0.15) is 0 Å². The lowest BCUT2D eigenvalue weighted by Crippen LogP contribution is -2.37. The number of carbonyl (C=O) groups is 1. The van der Waals surface area contributed by atoms with Crippen LogP contribution in [-0.2, 0) is 38.8 Å². The van der Waals surface area contributed by atoms with Gasteiger partial charge in [-0.3, -0.25) is 4.79 Å². The van der Waals surface area contributed by atoms with Crippen molar-refractivity contribution < 1.29 is 23.7 Å². The van der Waals surface area contributed by atoms with Crippen LogP contribution in [0.5, 0.6) is 0 Å². The van der Waals surface area contributed by atoms with Gasteiger partial charge in [0.2, 0.25) is 0 Å². The van der Waals surface area contributed by atoms with Crippen molar-refractivity contribution in [1.29, 1.82) is 0 Å². The lowest BCUT2D eigenvalue weighted by Gasteiger charge is -2.25. The molecule has 1 saturated heterocycles. The number of H-pyrrole nitrogens is 1. The van der Waals surface area contributed by atoms with E-state index in [1.807, 2.05) is 91.0 Å². The zero-order chi connectivity index (χ0) is 26.2. The van der Waals surface area contributed by atoms with E-state index >= 15 is 0 Å². The number of nitrogens with one attached hydrogen (secondary N) is 1. The van der Waals surface area contributed by atoms with E-state index in [1.54, 1.807) is 12.3 Å². The molecule has 1 aromatic heterocycles. The molecule has 7 nitrogen and oxygen atoms in total. The topological polar surface area (TPSA) is 95.8 Å². The molecule has 5 rings (SSSR count). The van der Waals surface area contributed by atoms with Gasteiger partial charge >= 0.3 is 0 Å². The number of hydrogen-bond donors (Lipinski definition) is 2. The van der Waals surface area contributed by atoms with Crippen LogP contribution < -0.4 is 5.73 Å². The maximum Gasteiger partial charge on any atom is 0.265 e. The first-order chi connectivity index (χ1) is 18.7. The summed E-state index contributed by atoms with van der Waals surface area (Å²) in [5.41, 5.74) is 9.77. The molecule has 3 N–H and O–H groups in total. The van der Waals surface area contributed by atoms with E-state index in [1.165, 1.54) is 0 Å². The Balaban J connectivity index is 1.38. The summed E-state index contributed by atoms with van der Waals surface area (Å²) in [6.45, 7) is 1.58. The average molecular weight is 513 g/mol. The second kappa shape index (κ2) is 12.7. The predicted octanol–water partition coefficient (Wildman–Crippen LogP) is 4.94. The van der Waals surface area contributed by atoms with E-state index in [9.17, 15) is 4.79 Å². The quantitative estimate of drug-likeness (QED) is 0.280. The molecule has 1 amide bonds. The first kappa shape index (κ1) is 25.9. The van der Waals surface area contributed by atoms with Crippen molar-refractivity contribution in [1.82, 2.24) is 4.98 Å². The minimum Gasteiger partial charge on any atom is -0.374 e. The first-order valence-corrected chi connectivity index (χ1v) is 12.7. The maximum absolute atomic E-state index is 11.8. The average Bonchev–Trinajstić information content (AvgIpc) is 3.58. The van der Waals surface area contributed by atoms with Crippen LogP contribution >= 0.6 is 0 Å². The second-order valence-corrected chi connectivity index (χ2v) is 9.33. The fourth-order valence-electron chi connectivity index (χ4n) is 4.63. The minimum absolute atomic E-state index is 0.316. The Morgan fingerprint density at radius 1 is 0.763 bits per heavy atom. The van der Waals surface area contributed by atoms with Crippen molar-refractivity contribution in [2.75, 3.05) is 6.61 Å². The van der Waals surface area contributed by atoms with Crippen LogP contribution in [0.3, 0.4) is 0 Å². The van der Waals surface area contributed by atoms with Crippen LogP contribution in [0.2, 0.25) is 0 Å². The van der Waals surface area contributed by atoms with Gasteiger partial charge in [-0.15, -0.1) is 0 Å². The number of ether oxygens (including phenoxy) is 4. The van der Waals surface area contributed by atoms with E-state index in [0.717, 1.165) is 22.3 Å². The second-order valence-electron chi connectivity index (χ2n) is 9.33. The molecule has 1 fully saturated rings. The number of aromatic amines is 1. The Morgan fingerprint density at radius 2 is 1.29 bits per heavy atom. The standard InChI is InChI=1S/C31H32N2O5/c32-31(34)26-16-25(17-33-26)28-30(37-20-24-14-8-3-9-15-24)29(36-19-23-12-6-2-7-13-23)27(38-28)21-35-18-22-10-4-1-5-11-22/h1-17,27-30,33H,18-21H2,(H2,32,34)/t27-,28+,29-,30+/m1/s1. The molecule has 7 heteroatoms. The number of nitrogens with two attached hydrogens (primary N) is 1. The Morgan fingerprint density at radius 3 is 1.82 bits per heavy atom. The van der Waals surface area contributed by atoms with Crippen LogP contribution in [0.15, 0.2) is 103 Å². The summed E-state index contributed by atoms with van der Waals surface area (Å²) in [6, 6.07) is 31.7. The number of primary amides is 1. The predicted molar refractivity (Wildman–Crippen MR) is 143 cm³/mol. The van der Waals surface area contributed by atoms with E-state index < -0.39 is 24.2 Å². The Labute approximate surface area is 222 Å². The van der Waals surface area contributed by atoms with Crippen molar-refractivity contribution in [3.05, 3.63) is 131 Å². The lowest BCUT2D eigenvalue weighted by molar-refractivity contribution is -0.0898. The zero-order valence-corrected chi connectivity index (χ0v) is 21.1. The monoisotopic (exact) mass is 512 g/mol. The molecule has 4 aromatic rings. The Kier molecular flexibility index (Phi) is 8.63. The largest absolute Gasteiger partial charge is 0.374 e. The molecule has 0 spiro atoms. The van der Waals surface area contributed by atoms with Crippen molar-refractivity contribution in [2.45, 2.75) is 44.2 Å². The highest BCUT2D eigenvalue weighted by Gasteiger charge is 2.47. The van der Waals surface area contributed by atoms with Crippen molar-refractivity contribution in [2.24, 2.45) is 5.73 Å². The highest BCUT2D eigenvalue weighted by atomic mass is 16.6. The normalized spacial score (nSPS) is 20.9. The molecule has 0 saturated carbocycles. The van der Waals surface area contributed by atoms with Gasteiger partial charge in [-0.25, -0.2) is 0 Å². The van der Waals surface area contributed by atoms with Crippen molar-refractivity contribution >= 4 is 5.91 Å². The third-order valence-electron chi connectivity index (χ3n) is 6.57. The third-order valence-corrected chi connectivity index (χ3v) is 6.57. The number of aromatic nitrogens is 1. The van der Waals surface area contributed by atoms with Crippen LogP contribution in [0.4, 0.5) is 0 Å². The summed E-state index contributed by atoms with van der Waals surface area (Å²) in [6.07, 6.45) is 0.0205. The number of carbonyl (C=O) groups excluding carboxylic acids is 1. The van der Waals surface area contributed by atoms with Crippen molar-refractivity contribution in [3.8, 4) is 0 Å². The SMILES string of the molecule is NC(=O)c1cc([C@@H]2O[C@H](COCc3ccccc3)[C@@H](OCc3ccccc3)[C@H]2OCc2ccccc2)c[nH]1. The fourth-order valence-corrected chi connectivity index (χ4v) is 4.63. The molecule has 1 aliphatic rings. The van der Waals surface area contributed by atoms with Gasteiger partial charge in [0.05, 0.1) is 26.4 Å². The third kappa shape index (κ3) is 6.57. The smallest absolute Gasteiger partial charge is 0.265 e. The van der Waals surface area contributed by atoms with Crippen LogP contribution in [0, 0.1) is 0 Å². The lowest BCUT2D eigenvalue weighted by atomic mass is 10.0. The van der Waals surface area contributed by atoms with Gasteiger partial charge in [-0.1, -0.05) is 91.0 Å². The fraction of sp³-hybridized carbons (Fsp3) is 0.258. The molecule has 4 atom stereocenters. The van der Waals surface area contributed by atoms with E-state index in [0.29, 0.717) is 32.1 Å². The summed E-state index contributed by atoms with van der Waals surface area (Å²) in [4.78, 5) is 14.7. The summed E-state index contributed by atoms with van der Waals surface area (Å²) in [7, 11) is 0. The molecule has 0 bridgehead atoms. The van der Waals surface area contributed by atoms with Gasteiger partial charge in [-0.05, 0) is 22.8 Å². The van der Waals surface area contributed by atoms with E-state index in [2.05, 4.69) is 4.98 Å². The Hall–Kier alpha value is -3.75. The van der Waals surface area contributed by atoms with Crippen LogP contribution in [0.25, 0.3) is 0 Å². The molecule has 0 radical (unpaired) electrons. The first-order valence-electron chi connectivity index (χ1n) is 12.7. The van der Waals surface area contributed by atoms with Gasteiger partial charge in [0, 0.05) is 11.8 Å². The molecule has 0 aliphatic carbocycles. The molecule has 1 aliphatic heterocycles. The number of amides is 1. The summed E-state index contributed by atoms with van der Waals surface area (Å²) in [5, 5.41) is 0. The van der Waals surface area contributed by atoms with Gasteiger partial charge < -0.3 is 29.7 Å². The highest BCUT2D eigenvalue weighted by Crippen LogP contribution is 2.38. The molecular formula is C31H32N2O5. The molecule has 38 heavy (non-hydrogen) atoms. The van der Waals surface area contributed by atoms with Crippen molar-refractivity contribution in [3.63, 3.8) is 0 Å². The summed E-state index contributed by atoms with van der Waals surface area (Å²) < 4.78 is 25.6. The van der Waals surface area contributed by atoms with Crippen LogP contribution in [0.1, 0.15) is 38.8 Å². The molecule has 196 valence electrons. The summed E-state index contributed by atoms with van der Waals surface area (Å²) >= 11 is 0. The Bertz CT molecular complexity index is 1280. The molecule has 2 heterocycles. The number of rotatable bonds is 12. The maximum atomic E-state index is 11.8.